The lowest BCUT2D eigenvalue weighted by atomic mass is 9.46. The number of nitrogens with one attached hydrogen (secondary N) is 1. The number of rotatable bonds is 0. The van der Waals surface area contributed by atoms with Gasteiger partial charge in [-0.2, -0.15) is 0 Å². The Kier molecular flexibility index (Phi) is 3.08. The maximum atomic E-state index is 11.8. The number of fused-ring (bicyclic) bond motifs is 5. The molecule has 3 nitrogen and oxygen atoms in total. The van der Waals surface area contributed by atoms with Crippen LogP contribution in [0.2, 0.25) is 0 Å². The van der Waals surface area contributed by atoms with Crippen LogP contribution in [0, 0.1) is 34.5 Å². The maximum absolute atomic E-state index is 11.8. The first-order valence-electron chi connectivity index (χ1n) is 9.01. The summed E-state index contributed by atoms with van der Waals surface area (Å²) in [5.41, 5.74) is 0.430. The average molecular weight is 303 g/mol. The van der Waals surface area contributed by atoms with Crippen molar-refractivity contribution in [3.05, 3.63) is 12.2 Å². The molecular formula is C19H29NO2. The highest BCUT2D eigenvalue weighted by Gasteiger charge is 2.60. The summed E-state index contributed by atoms with van der Waals surface area (Å²) in [5.74, 6) is 2.69. The van der Waals surface area contributed by atoms with Gasteiger partial charge in [0.15, 0.2) is 0 Å². The lowest BCUT2D eigenvalue weighted by Crippen LogP contribution is -2.61. The normalized spacial score (nSPS) is 56.8. The molecule has 0 saturated heterocycles. The van der Waals surface area contributed by atoms with Crippen LogP contribution in [-0.2, 0) is 4.79 Å². The van der Waals surface area contributed by atoms with Crippen molar-refractivity contribution >= 4 is 5.91 Å². The van der Waals surface area contributed by atoms with Crippen molar-refractivity contribution in [3.63, 3.8) is 0 Å². The van der Waals surface area contributed by atoms with Crippen molar-refractivity contribution in [3.8, 4) is 0 Å². The number of aliphatic hydroxyl groups excluding tert-OH is 1. The van der Waals surface area contributed by atoms with Crippen LogP contribution in [0.5, 0.6) is 0 Å². The molecule has 0 spiro atoms. The molecule has 3 aliphatic carbocycles. The van der Waals surface area contributed by atoms with Gasteiger partial charge in [-0.25, -0.2) is 0 Å². The van der Waals surface area contributed by atoms with Crippen molar-refractivity contribution in [2.24, 2.45) is 34.5 Å². The van der Waals surface area contributed by atoms with E-state index < -0.39 is 0 Å². The van der Waals surface area contributed by atoms with E-state index in [4.69, 9.17) is 0 Å². The van der Waals surface area contributed by atoms with E-state index in [0.29, 0.717) is 29.1 Å². The maximum Gasteiger partial charge on any atom is 0.243 e. The van der Waals surface area contributed by atoms with Gasteiger partial charge in [0.05, 0.1) is 6.10 Å². The standard InChI is InChI=1S/C19H29NO2/c1-11-8-15-19(3,7-5-16(22)20-15)13-4-6-18(2)10-12(21)9-14(18)17(11)13/h5,7,11-15,17,21H,4,6,8-10H2,1-3H3,(H,20,22)/t11-,12-,13-,14-,15+,17+,18+,19+/m0/s1. The topological polar surface area (TPSA) is 49.3 Å². The second-order valence-corrected chi connectivity index (χ2v) is 9.05. The first kappa shape index (κ1) is 14.7. The van der Waals surface area contributed by atoms with Gasteiger partial charge in [0.25, 0.3) is 0 Å². The largest absolute Gasteiger partial charge is 0.393 e. The molecule has 0 aromatic heterocycles. The molecule has 0 aromatic rings. The number of hydrogen-bond donors (Lipinski definition) is 2. The Balaban J connectivity index is 1.72. The summed E-state index contributed by atoms with van der Waals surface area (Å²) >= 11 is 0. The molecule has 3 saturated carbocycles. The van der Waals surface area contributed by atoms with Gasteiger partial charge >= 0.3 is 0 Å². The molecule has 0 bridgehead atoms. The summed E-state index contributed by atoms with van der Waals surface area (Å²) in [6.45, 7) is 7.13. The van der Waals surface area contributed by atoms with Gasteiger partial charge in [0, 0.05) is 11.5 Å². The third kappa shape index (κ3) is 1.87. The van der Waals surface area contributed by atoms with E-state index in [1.807, 2.05) is 0 Å². The van der Waals surface area contributed by atoms with Gasteiger partial charge in [-0.3, -0.25) is 4.79 Å². The van der Waals surface area contributed by atoms with Crippen LogP contribution in [0.4, 0.5) is 0 Å². The van der Waals surface area contributed by atoms with Gasteiger partial charge in [0.1, 0.15) is 0 Å². The first-order chi connectivity index (χ1) is 10.3. The molecule has 122 valence electrons. The van der Waals surface area contributed by atoms with E-state index in [2.05, 4.69) is 32.2 Å². The molecule has 4 aliphatic rings. The highest BCUT2D eigenvalue weighted by molar-refractivity contribution is 5.89. The zero-order chi connectivity index (χ0) is 15.7. The number of aliphatic hydroxyl groups is 1. The first-order valence-corrected chi connectivity index (χ1v) is 9.01. The van der Waals surface area contributed by atoms with Crippen LogP contribution in [0.1, 0.15) is 52.9 Å². The summed E-state index contributed by atoms with van der Waals surface area (Å²) in [5, 5.41) is 13.5. The van der Waals surface area contributed by atoms with Crippen LogP contribution in [-0.4, -0.2) is 23.2 Å². The number of hydrogen-bond acceptors (Lipinski definition) is 2. The summed E-state index contributed by atoms with van der Waals surface area (Å²) in [6, 6.07) is 0.289. The third-order valence-electron chi connectivity index (χ3n) is 7.80. The fourth-order valence-corrected chi connectivity index (χ4v) is 6.71. The molecule has 0 unspecified atom stereocenters. The van der Waals surface area contributed by atoms with Crippen LogP contribution in [0.3, 0.4) is 0 Å². The number of carbonyl (C=O) groups excluding carboxylic acids is 1. The summed E-state index contributed by atoms with van der Waals surface area (Å²) in [4.78, 5) is 11.8. The lowest BCUT2D eigenvalue weighted by molar-refractivity contribution is -0.124. The Labute approximate surface area is 133 Å². The van der Waals surface area contributed by atoms with Crippen molar-refractivity contribution in [1.29, 1.82) is 0 Å². The average Bonchev–Trinajstić information content (AvgIpc) is 2.75. The summed E-state index contributed by atoms with van der Waals surface area (Å²) < 4.78 is 0. The second-order valence-electron chi connectivity index (χ2n) is 9.05. The minimum atomic E-state index is -0.104. The number of amides is 1. The number of carbonyl (C=O) groups is 1. The van der Waals surface area contributed by atoms with Gasteiger partial charge in [-0.15, -0.1) is 0 Å². The van der Waals surface area contributed by atoms with E-state index in [0.717, 1.165) is 19.3 Å². The highest BCUT2D eigenvalue weighted by Crippen LogP contribution is 2.64. The summed E-state index contributed by atoms with van der Waals surface area (Å²) in [7, 11) is 0. The zero-order valence-corrected chi connectivity index (χ0v) is 14.0. The minimum absolute atomic E-state index is 0.0741. The van der Waals surface area contributed by atoms with E-state index >= 15 is 0 Å². The Morgan fingerprint density at radius 2 is 2.05 bits per heavy atom. The van der Waals surface area contributed by atoms with E-state index in [-0.39, 0.29) is 23.5 Å². The highest BCUT2D eigenvalue weighted by atomic mass is 16.3. The Hall–Kier alpha value is -0.830. The van der Waals surface area contributed by atoms with Crippen LogP contribution < -0.4 is 5.32 Å². The lowest BCUT2D eigenvalue weighted by Gasteiger charge is -2.60. The molecule has 3 heteroatoms. The van der Waals surface area contributed by atoms with Gasteiger partial charge in [-0.1, -0.05) is 26.8 Å². The molecule has 2 N–H and O–H groups in total. The fraction of sp³-hybridized carbons (Fsp3) is 0.842. The van der Waals surface area contributed by atoms with Crippen molar-refractivity contribution in [1.82, 2.24) is 5.32 Å². The monoisotopic (exact) mass is 303 g/mol. The van der Waals surface area contributed by atoms with Gasteiger partial charge in [-0.05, 0) is 67.3 Å². The molecule has 1 heterocycles. The van der Waals surface area contributed by atoms with E-state index in [1.54, 1.807) is 6.08 Å². The van der Waals surface area contributed by atoms with Crippen LogP contribution >= 0.6 is 0 Å². The molecule has 8 atom stereocenters. The molecule has 3 fully saturated rings. The summed E-state index contributed by atoms with van der Waals surface area (Å²) in [6.07, 6.45) is 9.37. The predicted octanol–water partition coefficient (Wildman–Crippen LogP) is 2.89. The predicted molar refractivity (Wildman–Crippen MR) is 86.0 cm³/mol. The van der Waals surface area contributed by atoms with Crippen LogP contribution in [0.25, 0.3) is 0 Å². The quantitative estimate of drug-likeness (QED) is 0.723. The Morgan fingerprint density at radius 1 is 1.27 bits per heavy atom. The molecule has 22 heavy (non-hydrogen) atoms. The molecular weight excluding hydrogens is 274 g/mol. The van der Waals surface area contributed by atoms with Gasteiger partial charge < -0.3 is 10.4 Å². The molecule has 0 radical (unpaired) electrons. The fourth-order valence-electron chi connectivity index (χ4n) is 6.71. The van der Waals surface area contributed by atoms with E-state index in [1.165, 1.54) is 12.8 Å². The van der Waals surface area contributed by atoms with Gasteiger partial charge in [0.2, 0.25) is 5.91 Å². The van der Waals surface area contributed by atoms with Crippen LogP contribution in [0.15, 0.2) is 12.2 Å². The third-order valence-corrected chi connectivity index (χ3v) is 7.80. The van der Waals surface area contributed by atoms with Crippen molar-refractivity contribution in [2.75, 3.05) is 0 Å². The smallest absolute Gasteiger partial charge is 0.243 e. The molecule has 1 aliphatic heterocycles. The Morgan fingerprint density at radius 3 is 2.82 bits per heavy atom. The molecule has 1 amide bonds. The van der Waals surface area contributed by atoms with Crippen molar-refractivity contribution < 1.29 is 9.90 Å². The Bertz CT molecular complexity index is 530. The second kappa shape index (κ2) is 4.59. The molecule has 4 rings (SSSR count). The molecule has 0 aromatic carbocycles. The SMILES string of the molecule is C[C@H]1C[C@H]2NC(=O)C=C[C@]2(C)[C@H]2CC[C@]3(C)C[C@@H](O)C[C@H]3[C@H]12. The van der Waals surface area contributed by atoms with Crippen molar-refractivity contribution in [2.45, 2.75) is 65.0 Å². The van der Waals surface area contributed by atoms with E-state index in [9.17, 15) is 9.90 Å². The zero-order valence-electron chi connectivity index (χ0n) is 14.0. The minimum Gasteiger partial charge on any atom is -0.393 e.